The molecule has 0 saturated carbocycles. The number of benzene rings is 3. The molecule has 0 unspecified atom stereocenters. The van der Waals surface area contributed by atoms with E-state index in [1.54, 1.807) is 18.3 Å². The highest BCUT2D eigenvalue weighted by Gasteiger charge is 2.37. The molecular formula is C24H23N3O2. The average Bonchev–Trinajstić information content (AvgIpc) is 2.91. The number of anilines is 1. The molecule has 0 spiro atoms. The molecule has 3 aromatic carbocycles. The van der Waals surface area contributed by atoms with E-state index < -0.39 is 5.91 Å². The number of phenols is 1. The Kier molecular flexibility index (Phi) is 4.59. The van der Waals surface area contributed by atoms with Gasteiger partial charge in [0.25, 0.3) is 5.91 Å². The molecule has 4 rings (SSSR count). The van der Waals surface area contributed by atoms with Gasteiger partial charge in [-0.15, -0.1) is 0 Å². The Morgan fingerprint density at radius 2 is 1.72 bits per heavy atom. The Morgan fingerprint density at radius 3 is 2.45 bits per heavy atom. The van der Waals surface area contributed by atoms with Crippen molar-refractivity contribution in [3.05, 3.63) is 83.6 Å². The Hall–Kier alpha value is -3.60. The van der Waals surface area contributed by atoms with E-state index in [0.29, 0.717) is 0 Å². The first-order valence-corrected chi connectivity index (χ1v) is 9.49. The lowest BCUT2D eigenvalue weighted by Gasteiger charge is -2.23. The van der Waals surface area contributed by atoms with E-state index >= 15 is 0 Å². The van der Waals surface area contributed by atoms with Crippen LogP contribution in [0, 0.1) is 0 Å². The van der Waals surface area contributed by atoms with Crippen LogP contribution in [-0.4, -0.2) is 24.3 Å². The van der Waals surface area contributed by atoms with Crippen LogP contribution in [0.2, 0.25) is 0 Å². The van der Waals surface area contributed by atoms with Crippen molar-refractivity contribution >= 4 is 28.6 Å². The van der Waals surface area contributed by atoms with Gasteiger partial charge in [0, 0.05) is 30.1 Å². The lowest BCUT2D eigenvalue weighted by Crippen LogP contribution is -2.23. The number of rotatable bonds is 3. The highest BCUT2D eigenvalue weighted by Crippen LogP contribution is 2.46. The van der Waals surface area contributed by atoms with Crippen LogP contribution in [0.5, 0.6) is 5.75 Å². The van der Waals surface area contributed by atoms with Crippen LogP contribution in [0.1, 0.15) is 29.8 Å². The van der Waals surface area contributed by atoms with Gasteiger partial charge in [-0.2, -0.15) is 5.10 Å². The van der Waals surface area contributed by atoms with E-state index in [9.17, 15) is 9.90 Å². The summed E-state index contributed by atoms with van der Waals surface area (Å²) in [5.41, 5.74) is 6.05. The molecule has 1 aliphatic rings. The molecule has 3 aromatic rings. The first kappa shape index (κ1) is 18.7. The van der Waals surface area contributed by atoms with Crippen molar-refractivity contribution in [3.63, 3.8) is 0 Å². The predicted molar refractivity (Wildman–Crippen MR) is 118 cm³/mol. The molecule has 29 heavy (non-hydrogen) atoms. The zero-order valence-corrected chi connectivity index (χ0v) is 16.7. The molecule has 146 valence electrons. The largest absolute Gasteiger partial charge is 0.507 e. The van der Waals surface area contributed by atoms with Crippen molar-refractivity contribution in [3.8, 4) is 5.75 Å². The van der Waals surface area contributed by atoms with E-state index in [0.717, 1.165) is 16.5 Å². The molecule has 0 radical (unpaired) electrons. The number of fused-ring (bicyclic) bond motifs is 2. The van der Waals surface area contributed by atoms with Gasteiger partial charge in [-0.1, -0.05) is 56.3 Å². The van der Waals surface area contributed by atoms with Crippen LogP contribution >= 0.6 is 0 Å². The summed E-state index contributed by atoms with van der Waals surface area (Å²) in [6.45, 7) is 4.33. The minimum atomic E-state index is -0.453. The Balaban J connectivity index is 1.53. The standard InChI is InChI=1S/C24H23N3O2/c1-24(2)19-10-6-7-11-20(19)27(3)22(24)12-13-25-26-23(29)18-14-16-8-4-5-9-17(16)15-21(18)28/h4-15,28H,1-3H3,(H,26,29). The van der Waals surface area contributed by atoms with Crippen molar-refractivity contribution in [2.45, 2.75) is 19.3 Å². The molecule has 0 atom stereocenters. The molecule has 0 fully saturated rings. The summed E-state index contributed by atoms with van der Waals surface area (Å²) < 4.78 is 0. The number of likely N-dealkylation sites (N-methyl/N-ethyl adjacent to an activating group) is 1. The second-order valence-corrected chi connectivity index (χ2v) is 7.69. The smallest absolute Gasteiger partial charge is 0.275 e. The lowest BCUT2D eigenvalue weighted by atomic mass is 9.84. The average molecular weight is 385 g/mol. The quantitative estimate of drug-likeness (QED) is 0.513. The van der Waals surface area contributed by atoms with Crippen molar-refractivity contribution in [1.82, 2.24) is 5.43 Å². The summed E-state index contributed by atoms with van der Waals surface area (Å²) in [5.74, 6) is -0.521. The van der Waals surface area contributed by atoms with Crippen LogP contribution in [0.4, 0.5) is 5.69 Å². The maximum atomic E-state index is 12.5. The van der Waals surface area contributed by atoms with Crippen LogP contribution in [0.25, 0.3) is 10.8 Å². The summed E-state index contributed by atoms with van der Waals surface area (Å²) in [7, 11) is 2.03. The first-order chi connectivity index (χ1) is 13.9. The molecule has 5 heteroatoms. The third-order valence-corrected chi connectivity index (χ3v) is 5.52. The zero-order chi connectivity index (χ0) is 20.6. The number of hydrazone groups is 1. The minimum absolute atomic E-state index is 0.0677. The van der Waals surface area contributed by atoms with Gasteiger partial charge in [0.15, 0.2) is 0 Å². The van der Waals surface area contributed by atoms with E-state index in [1.807, 2.05) is 49.5 Å². The molecule has 0 aliphatic carbocycles. The van der Waals surface area contributed by atoms with Gasteiger partial charge in [-0.05, 0) is 40.6 Å². The number of carbonyl (C=O) groups is 1. The molecule has 1 heterocycles. The molecule has 1 aliphatic heterocycles. The van der Waals surface area contributed by atoms with Gasteiger partial charge in [-0.25, -0.2) is 5.43 Å². The van der Waals surface area contributed by atoms with Crippen LogP contribution in [0.15, 0.2) is 77.5 Å². The van der Waals surface area contributed by atoms with Crippen molar-refractivity contribution in [2.75, 3.05) is 11.9 Å². The molecular weight excluding hydrogens is 362 g/mol. The maximum absolute atomic E-state index is 12.5. The van der Waals surface area contributed by atoms with E-state index in [4.69, 9.17) is 0 Å². The van der Waals surface area contributed by atoms with Gasteiger partial charge in [-0.3, -0.25) is 4.79 Å². The number of hydrogen-bond acceptors (Lipinski definition) is 4. The van der Waals surface area contributed by atoms with Gasteiger partial charge in [0.1, 0.15) is 5.75 Å². The monoisotopic (exact) mass is 385 g/mol. The molecule has 2 N–H and O–H groups in total. The number of nitrogens with one attached hydrogen (secondary N) is 1. The SMILES string of the molecule is CN1C(=CC=NNC(=O)c2cc3ccccc3cc2O)C(C)(C)c2ccccc21. The summed E-state index contributed by atoms with van der Waals surface area (Å²) in [6, 6.07) is 19.1. The highest BCUT2D eigenvalue weighted by atomic mass is 16.3. The van der Waals surface area contributed by atoms with Gasteiger partial charge >= 0.3 is 0 Å². The van der Waals surface area contributed by atoms with Gasteiger partial charge < -0.3 is 10.0 Å². The maximum Gasteiger partial charge on any atom is 0.275 e. The van der Waals surface area contributed by atoms with E-state index in [2.05, 4.69) is 41.4 Å². The Bertz CT molecular complexity index is 1160. The Morgan fingerprint density at radius 1 is 1.07 bits per heavy atom. The number of para-hydroxylation sites is 1. The van der Waals surface area contributed by atoms with E-state index in [-0.39, 0.29) is 16.7 Å². The van der Waals surface area contributed by atoms with Crippen LogP contribution < -0.4 is 10.3 Å². The Labute approximate surface area is 170 Å². The molecule has 1 amide bonds. The normalized spacial score (nSPS) is 16.5. The highest BCUT2D eigenvalue weighted by molar-refractivity contribution is 6.01. The number of allylic oxidation sites excluding steroid dienone is 2. The molecule has 5 nitrogen and oxygen atoms in total. The number of aromatic hydroxyl groups is 1. The number of amides is 1. The van der Waals surface area contributed by atoms with Crippen molar-refractivity contribution < 1.29 is 9.90 Å². The van der Waals surface area contributed by atoms with Crippen LogP contribution in [0.3, 0.4) is 0 Å². The third kappa shape index (κ3) is 3.25. The van der Waals surface area contributed by atoms with E-state index in [1.165, 1.54) is 11.3 Å². The van der Waals surface area contributed by atoms with Gasteiger partial charge in [0.05, 0.1) is 5.56 Å². The van der Waals surface area contributed by atoms with Crippen LogP contribution in [-0.2, 0) is 5.41 Å². The number of phenolic OH excluding ortho intramolecular Hbond substituents is 1. The molecule has 0 saturated heterocycles. The minimum Gasteiger partial charge on any atom is -0.507 e. The van der Waals surface area contributed by atoms with Crippen molar-refractivity contribution in [1.29, 1.82) is 0 Å². The fourth-order valence-corrected chi connectivity index (χ4v) is 3.98. The summed E-state index contributed by atoms with van der Waals surface area (Å²) in [6.07, 6.45) is 3.48. The fourth-order valence-electron chi connectivity index (χ4n) is 3.98. The number of hydrogen-bond donors (Lipinski definition) is 2. The number of carbonyl (C=O) groups excluding carboxylic acids is 1. The third-order valence-electron chi connectivity index (χ3n) is 5.52. The summed E-state index contributed by atoms with van der Waals surface area (Å²) >= 11 is 0. The predicted octanol–water partition coefficient (Wildman–Crippen LogP) is 4.57. The molecule has 0 bridgehead atoms. The second kappa shape index (κ2) is 7.09. The summed E-state index contributed by atoms with van der Waals surface area (Å²) in [5, 5.41) is 16.0. The lowest BCUT2D eigenvalue weighted by molar-refractivity contribution is 0.0952. The zero-order valence-electron chi connectivity index (χ0n) is 16.7. The first-order valence-electron chi connectivity index (χ1n) is 9.49. The number of nitrogens with zero attached hydrogens (tertiary/aromatic N) is 2. The van der Waals surface area contributed by atoms with Gasteiger partial charge in [0.2, 0.25) is 0 Å². The second-order valence-electron chi connectivity index (χ2n) is 7.69. The topological polar surface area (TPSA) is 64.9 Å². The molecule has 0 aromatic heterocycles. The summed E-state index contributed by atoms with van der Waals surface area (Å²) in [4.78, 5) is 14.6. The fraction of sp³-hybridized carbons (Fsp3) is 0.167. The van der Waals surface area contributed by atoms with Crippen molar-refractivity contribution in [2.24, 2.45) is 5.10 Å².